The zero-order chi connectivity index (χ0) is 17.4. The summed E-state index contributed by atoms with van der Waals surface area (Å²) in [5, 5.41) is 16.0. The van der Waals surface area contributed by atoms with Crippen molar-refractivity contribution in [2.75, 3.05) is 5.32 Å². The third-order valence-corrected chi connectivity index (χ3v) is 4.47. The Morgan fingerprint density at radius 2 is 2.04 bits per heavy atom. The number of fused-ring (bicyclic) bond motifs is 1. The van der Waals surface area contributed by atoms with E-state index in [-0.39, 0.29) is 5.91 Å². The van der Waals surface area contributed by atoms with Gasteiger partial charge in [0.15, 0.2) is 5.65 Å². The third-order valence-electron chi connectivity index (χ3n) is 3.86. The minimum absolute atomic E-state index is 0.252. The smallest absolute Gasteiger partial charge is 0.258 e. The molecule has 0 saturated heterocycles. The minimum Gasteiger partial charge on any atom is -0.296 e. The van der Waals surface area contributed by atoms with Gasteiger partial charge in [0.05, 0.1) is 22.3 Å². The van der Waals surface area contributed by atoms with Crippen LogP contribution in [0.1, 0.15) is 16.1 Å². The van der Waals surface area contributed by atoms with Gasteiger partial charge in [-0.25, -0.2) is 4.98 Å². The molecule has 3 heterocycles. The van der Waals surface area contributed by atoms with Crippen LogP contribution in [0.4, 0.5) is 5.13 Å². The predicted molar refractivity (Wildman–Crippen MR) is 96.5 cm³/mol. The molecule has 7 nitrogen and oxygen atoms in total. The summed E-state index contributed by atoms with van der Waals surface area (Å²) < 4.78 is 1.69. The maximum atomic E-state index is 12.8. The lowest BCUT2D eigenvalue weighted by Crippen LogP contribution is -2.13. The van der Waals surface area contributed by atoms with Crippen LogP contribution in [-0.2, 0) is 7.05 Å². The Labute approximate surface area is 147 Å². The van der Waals surface area contributed by atoms with E-state index < -0.39 is 0 Å². The van der Waals surface area contributed by atoms with Gasteiger partial charge in [0.2, 0.25) is 5.13 Å². The maximum Gasteiger partial charge on any atom is 0.258 e. The Bertz CT molecular complexity index is 1060. The van der Waals surface area contributed by atoms with Crippen LogP contribution in [0, 0.1) is 6.92 Å². The second-order valence-corrected chi connectivity index (χ2v) is 6.36. The van der Waals surface area contributed by atoms with Gasteiger partial charge in [-0.15, -0.1) is 10.2 Å². The van der Waals surface area contributed by atoms with Crippen molar-refractivity contribution in [3.8, 4) is 11.3 Å². The number of nitrogens with zero attached hydrogens (tertiary/aromatic N) is 5. The number of benzene rings is 1. The number of amides is 1. The molecule has 1 N–H and O–H groups in total. The molecular weight excluding hydrogens is 336 g/mol. The average Bonchev–Trinajstić information content (AvgIpc) is 3.23. The van der Waals surface area contributed by atoms with Crippen molar-refractivity contribution in [1.29, 1.82) is 0 Å². The summed E-state index contributed by atoms with van der Waals surface area (Å²) in [4.78, 5) is 17.5. The van der Waals surface area contributed by atoms with Crippen LogP contribution < -0.4 is 5.32 Å². The number of carbonyl (C=O) groups excluding carboxylic acids is 1. The van der Waals surface area contributed by atoms with Gasteiger partial charge in [0.1, 0.15) is 5.51 Å². The number of aromatic nitrogens is 5. The first-order valence-corrected chi connectivity index (χ1v) is 8.49. The average molecular weight is 350 g/mol. The van der Waals surface area contributed by atoms with Crippen molar-refractivity contribution in [1.82, 2.24) is 25.0 Å². The molecule has 4 aromatic rings. The van der Waals surface area contributed by atoms with Gasteiger partial charge in [-0.1, -0.05) is 41.7 Å². The number of hydrogen-bond acceptors (Lipinski definition) is 6. The van der Waals surface area contributed by atoms with E-state index in [9.17, 15) is 4.79 Å². The van der Waals surface area contributed by atoms with E-state index in [2.05, 4.69) is 20.6 Å². The molecule has 0 spiro atoms. The highest BCUT2D eigenvalue weighted by atomic mass is 32.1. The van der Waals surface area contributed by atoms with Gasteiger partial charge in [-0.2, -0.15) is 5.10 Å². The Morgan fingerprint density at radius 1 is 1.24 bits per heavy atom. The van der Waals surface area contributed by atoms with Gasteiger partial charge in [0, 0.05) is 12.6 Å². The minimum atomic E-state index is -0.252. The molecule has 8 heteroatoms. The largest absolute Gasteiger partial charge is 0.296 e. The van der Waals surface area contributed by atoms with Crippen LogP contribution in [0.15, 0.2) is 41.9 Å². The Balaban J connectivity index is 1.90. The molecule has 0 unspecified atom stereocenters. The lowest BCUT2D eigenvalue weighted by atomic mass is 10.1. The van der Waals surface area contributed by atoms with E-state index in [0.717, 1.165) is 22.3 Å². The highest BCUT2D eigenvalue weighted by molar-refractivity contribution is 7.13. The number of nitrogens with one attached hydrogen (secondary N) is 1. The zero-order valence-electron chi connectivity index (χ0n) is 13.6. The van der Waals surface area contributed by atoms with Crippen LogP contribution >= 0.6 is 11.3 Å². The third kappa shape index (κ3) is 2.76. The highest BCUT2D eigenvalue weighted by Crippen LogP contribution is 2.27. The molecule has 0 saturated carbocycles. The molecule has 0 radical (unpaired) electrons. The van der Waals surface area contributed by atoms with Gasteiger partial charge in [0.25, 0.3) is 5.91 Å². The molecule has 0 aliphatic carbocycles. The molecule has 124 valence electrons. The number of rotatable bonds is 3. The van der Waals surface area contributed by atoms with Gasteiger partial charge in [-0.3, -0.25) is 14.8 Å². The van der Waals surface area contributed by atoms with E-state index in [1.807, 2.05) is 44.3 Å². The summed E-state index contributed by atoms with van der Waals surface area (Å²) >= 11 is 1.27. The van der Waals surface area contributed by atoms with Crippen LogP contribution in [0.2, 0.25) is 0 Å². The van der Waals surface area contributed by atoms with Crippen molar-refractivity contribution in [3.05, 3.63) is 53.2 Å². The molecular formula is C17H14N6OS. The highest BCUT2D eigenvalue weighted by Gasteiger charge is 2.20. The van der Waals surface area contributed by atoms with E-state index in [0.29, 0.717) is 16.3 Å². The first-order chi connectivity index (χ1) is 12.1. The molecule has 4 rings (SSSR count). The Morgan fingerprint density at radius 3 is 2.76 bits per heavy atom. The Hall–Kier alpha value is -3.13. The van der Waals surface area contributed by atoms with E-state index in [1.165, 1.54) is 11.3 Å². The molecule has 0 aliphatic heterocycles. The summed E-state index contributed by atoms with van der Waals surface area (Å²) in [5.41, 5.74) is 5.17. The maximum absolute atomic E-state index is 12.8. The number of carbonyl (C=O) groups is 1. The number of pyridine rings is 1. The molecule has 3 aromatic heterocycles. The summed E-state index contributed by atoms with van der Waals surface area (Å²) in [5.74, 6) is -0.252. The number of anilines is 1. The SMILES string of the molecule is Cc1nn(C)c2nc(-c3ccccc3)cc(C(=O)Nc3nncs3)c12. The summed E-state index contributed by atoms with van der Waals surface area (Å²) in [7, 11) is 1.82. The summed E-state index contributed by atoms with van der Waals surface area (Å²) in [6.45, 7) is 1.87. The molecule has 25 heavy (non-hydrogen) atoms. The first kappa shape index (κ1) is 15.4. The van der Waals surface area contributed by atoms with Gasteiger partial charge in [-0.05, 0) is 13.0 Å². The predicted octanol–water partition coefficient (Wildman–Crippen LogP) is 3.05. The number of hydrogen-bond donors (Lipinski definition) is 1. The van der Waals surface area contributed by atoms with Crippen molar-refractivity contribution in [2.45, 2.75) is 6.92 Å². The van der Waals surface area contributed by atoms with Crippen LogP contribution in [0.3, 0.4) is 0 Å². The van der Waals surface area contributed by atoms with Crippen LogP contribution in [0.5, 0.6) is 0 Å². The summed E-state index contributed by atoms with van der Waals surface area (Å²) in [6.07, 6.45) is 0. The Kier molecular flexibility index (Phi) is 3.73. The zero-order valence-corrected chi connectivity index (χ0v) is 14.4. The van der Waals surface area contributed by atoms with E-state index >= 15 is 0 Å². The lowest BCUT2D eigenvalue weighted by Gasteiger charge is -2.08. The topological polar surface area (TPSA) is 85.6 Å². The monoisotopic (exact) mass is 350 g/mol. The molecule has 0 bridgehead atoms. The van der Waals surface area contributed by atoms with Crippen molar-refractivity contribution < 1.29 is 4.79 Å². The standard InChI is InChI=1S/C17H14N6OS/c1-10-14-12(16(24)20-17-21-18-9-25-17)8-13(11-6-4-3-5-7-11)19-15(14)23(2)22-10/h3-9H,1-2H3,(H,20,21,24). The fourth-order valence-electron chi connectivity index (χ4n) is 2.77. The van der Waals surface area contributed by atoms with Gasteiger partial charge < -0.3 is 0 Å². The first-order valence-electron chi connectivity index (χ1n) is 7.61. The van der Waals surface area contributed by atoms with Crippen LogP contribution in [-0.4, -0.2) is 30.9 Å². The molecule has 1 amide bonds. The second-order valence-electron chi connectivity index (χ2n) is 5.53. The molecule has 0 aliphatic rings. The second kappa shape index (κ2) is 6.06. The van der Waals surface area contributed by atoms with E-state index in [1.54, 1.807) is 16.3 Å². The van der Waals surface area contributed by atoms with E-state index in [4.69, 9.17) is 4.98 Å². The van der Waals surface area contributed by atoms with Crippen molar-refractivity contribution in [2.24, 2.45) is 7.05 Å². The molecule has 1 aromatic carbocycles. The number of aryl methyl sites for hydroxylation is 2. The normalized spacial score (nSPS) is 11.0. The quantitative estimate of drug-likeness (QED) is 0.614. The molecule has 0 atom stereocenters. The molecule has 0 fully saturated rings. The van der Waals surface area contributed by atoms with Crippen LogP contribution in [0.25, 0.3) is 22.3 Å². The van der Waals surface area contributed by atoms with Crippen molar-refractivity contribution in [3.63, 3.8) is 0 Å². The fraction of sp³-hybridized carbons (Fsp3) is 0.118. The fourth-order valence-corrected chi connectivity index (χ4v) is 3.21. The van der Waals surface area contributed by atoms with Gasteiger partial charge >= 0.3 is 0 Å². The summed E-state index contributed by atoms with van der Waals surface area (Å²) in [6, 6.07) is 11.5. The lowest BCUT2D eigenvalue weighted by molar-refractivity contribution is 0.102. The van der Waals surface area contributed by atoms with Crippen molar-refractivity contribution >= 4 is 33.4 Å².